The van der Waals surface area contributed by atoms with Gasteiger partial charge in [0.25, 0.3) is 5.91 Å². The summed E-state index contributed by atoms with van der Waals surface area (Å²) in [6.07, 6.45) is 0. The minimum atomic E-state index is -5.77. The van der Waals surface area contributed by atoms with Gasteiger partial charge in [-0.15, -0.1) is 0 Å². The van der Waals surface area contributed by atoms with Crippen LogP contribution in [-0.4, -0.2) is 51.4 Å². The smallest absolute Gasteiger partial charge is 0.376 e. The van der Waals surface area contributed by atoms with Crippen LogP contribution in [0, 0.1) is 5.92 Å². The molecule has 2 atom stereocenters. The van der Waals surface area contributed by atoms with E-state index in [1.807, 2.05) is 7.05 Å². The van der Waals surface area contributed by atoms with Crippen LogP contribution in [0.15, 0.2) is 18.2 Å². The summed E-state index contributed by atoms with van der Waals surface area (Å²) in [4.78, 5) is 14.3. The zero-order valence-corrected chi connectivity index (χ0v) is 13.4. The Hall–Kier alpha value is -1.81. The van der Waals surface area contributed by atoms with E-state index in [1.165, 1.54) is 6.07 Å². The van der Waals surface area contributed by atoms with Gasteiger partial charge in [0.15, 0.2) is 0 Å². The first-order valence-electron chi connectivity index (χ1n) is 7.20. The summed E-state index contributed by atoms with van der Waals surface area (Å²) in [5.41, 5.74) is -4.69. The predicted molar refractivity (Wildman–Crippen MR) is 78.1 cm³/mol. The number of likely N-dealkylation sites (tertiary alicyclic amines) is 1. The quantitative estimate of drug-likeness (QED) is 0.633. The molecule has 24 heavy (non-hydrogen) atoms. The number of benzene rings is 1. The highest BCUT2D eigenvalue weighted by Crippen LogP contribution is 2.37. The second kappa shape index (κ2) is 5.62. The number of hydrogen-bond acceptors (Lipinski definition) is 5. The fraction of sp³-hybridized carbons (Fsp3) is 0.500. The Morgan fingerprint density at radius 2 is 2.00 bits per heavy atom. The Kier molecular flexibility index (Phi) is 3.99. The third kappa shape index (κ3) is 2.95. The molecule has 132 valence electrons. The number of nitrogens with zero attached hydrogens (tertiary/aromatic N) is 1. The second-order valence-corrected chi connectivity index (χ2v) is 7.57. The lowest BCUT2D eigenvalue weighted by molar-refractivity contribution is -0.0500. The Labute approximate surface area is 136 Å². The van der Waals surface area contributed by atoms with Gasteiger partial charge < -0.3 is 14.4 Å². The number of carbonyl (C=O) groups excluding carboxylic acids is 1. The highest BCUT2D eigenvalue weighted by molar-refractivity contribution is 7.88. The average molecular weight is 364 g/mol. The number of halogens is 3. The number of hydrogen-bond donors (Lipinski definition) is 1. The van der Waals surface area contributed by atoms with Crippen molar-refractivity contribution in [1.29, 1.82) is 0 Å². The van der Waals surface area contributed by atoms with E-state index in [-0.39, 0.29) is 17.4 Å². The number of amides is 1. The first kappa shape index (κ1) is 17.0. The number of likely N-dealkylation sites (N-methyl/N-ethyl adjacent to an activating group) is 1. The monoisotopic (exact) mass is 364 g/mol. The molecule has 1 fully saturated rings. The number of rotatable bonds is 2. The van der Waals surface area contributed by atoms with Gasteiger partial charge in [0.2, 0.25) is 0 Å². The fourth-order valence-electron chi connectivity index (χ4n) is 3.25. The van der Waals surface area contributed by atoms with Crippen molar-refractivity contribution >= 4 is 16.0 Å². The number of carbonyl (C=O) groups is 1. The van der Waals surface area contributed by atoms with E-state index in [0.717, 1.165) is 18.7 Å². The molecular weight excluding hydrogens is 349 g/mol. The Morgan fingerprint density at radius 3 is 2.67 bits per heavy atom. The molecule has 2 heterocycles. The van der Waals surface area contributed by atoms with Crippen LogP contribution in [0.2, 0.25) is 0 Å². The number of nitrogens with one attached hydrogen (secondary N) is 1. The summed E-state index contributed by atoms with van der Waals surface area (Å²) in [7, 11) is -3.82. The van der Waals surface area contributed by atoms with Gasteiger partial charge in [0, 0.05) is 31.1 Å². The predicted octanol–water partition coefficient (Wildman–Crippen LogP) is 1.30. The van der Waals surface area contributed by atoms with Crippen LogP contribution in [0.1, 0.15) is 21.8 Å². The van der Waals surface area contributed by atoms with Crippen LogP contribution in [0.5, 0.6) is 5.75 Å². The SMILES string of the molecule is CN1C[C@H]2CNC(=O)c3cc(OS(=O)(=O)C(F)(F)F)ccc3[C@@H]2C1. The molecule has 0 unspecified atom stereocenters. The lowest BCUT2D eigenvalue weighted by Gasteiger charge is -2.17. The maximum Gasteiger partial charge on any atom is 0.534 e. The summed E-state index contributed by atoms with van der Waals surface area (Å²) in [6.45, 7) is 1.97. The number of alkyl halides is 3. The zero-order valence-electron chi connectivity index (χ0n) is 12.6. The summed E-state index contributed by atoms with van der Waals surface area (Å²) in [5, 5.41) is 2.72. The van der Waals surface area contributed by atoms with Crippen molar-refractivity contribution in [3.63, 3.8) is 0 Å². The topological polar surface area (TPSA) is 75.7 Å². The lowest BCUT2D eigenvalue weighted by Crippen LogP contribution is -2.29. The summed E-state index contributed by atoms with van der Waals surface area (Å²) in [5.74, 6) is -0.731. The zero-order chi connectivity index (χ0) is 17.7. The highest BCUT2D eigenvalue weighted by atomic mass is 32.2. The average Bonchev–Trinajstić information content (AvgIpc) is 2.78. The maximum atomic E-state index is 12.4. The highest BCUT2D eigenvalue weighted by Gasteiger charge is 2.48. The van der Waals surface area contributed by atoms with Crippen molar-refractivity contribution in [3.05, 3.63) is 29.3 Å². The third-order valence-corrected chi connectivity index (χ3v) is 5.29. The molecule has 1 N–H and O–H groups in total. The van der Waals surface area contributed by atoms with E-state index in [4.69, 9.17) is 0 Å². The van der Waals surface area contributed by atoms with Crippen LogP contribution >= 0.6 is 0 Å². The second-order valence-electron chi connectivity index (χ2n) is 6.03. The first-order valence-corrected chi connectivity index (χ1v) is 8.61. The van der Waals surface area contributed by atoms with Crippen LogP contribution < -0.4 is 9.50 Å². The minimum Gasteiger partial charge on any atom is -0.376 e. The van der Waals surface area contributed by atoms with Gasteiger partial charge in [0.05, 0.1) is 0 Å². The van der Waals surface area contributed by atoms with E-state index in [1.54, 1.807) is 0 Å². The summed E-state index contributed by atoms with van der Waals surface area (Å²) >= 11 is 0. The fourth-order valence-corrected chi connectivity index (χ4v) is 3.70. The molecule has 3 rings (SSSR count). The molecule has 1 aromatic rings. The molecule has 0 spiro atoms. The van der Waals surface area contributed by atoms with Crippen molar-refractivity contribution in [2.75, 3.05) is 26.7 Å². The Balaban J connectivity index is 1.97. The van der Waals surface area contributed by atoms with Gasteiger partial charge in [-0.05, 0) is 30.7 Å². The molecule has 2 aliphatic rings. The van der Waals surface area contributed by atoms with E-state index < -0.39 is 27.3 Å². The molecule has 10 heteroatoms. The Morgan fingerprint density at radius 1 is 1.29 bits per heavy atom. The molecule has 6 nitrogen and oxygen atoms in total. The van der Waals surface area contributed by atoms with Crippen molar-refractivity contribution in [2.24, 2.45) is 5.92 Å². The van der Waals surface area contributed by atoms with Crippen LogP contribution in [-0.2, 0) is 10.1 Å². The summed E-state index contributed by atoms with van der Waals surface area (Å²) in [6, 6.07) is 3.67. The van der Waals surface area contributed by atoms with Gasteiger partial charge in [0.1, 0.15) is 5.75 Å². The molecule has 0 aromatic heterocycles. The van der Waals surface area contributed by atoms with Crippen molar-refractivity contribution in [2.45, 2.75) is 11.4 Å². The molecule has 0 bridgehead atoms. The van der Waals surface area contributed by atoms with Gasteiger partial charge in [-0.25, -0.2) is 0 Å². The van der Waals surface area contributed by atoms with E-state index >= 15 is 0 Å². The maximum absolute atomic E-state index is 12.4. The van der Waals surface area contributed by atoms with Crippen LogP contribution in [0.3, 0.4) is 0 Å². The lowest BCUT2D eigenvalue weighted by atomic mass is 9.87. The molecule has 0 aliphatic carbocycles. The van der Waals surface area contributed by atoms with E-state index in [2.05, 4.69) is 14.4 Å². The van der Waals surface area contributed by atoms with E-state index in [0.29, 0.717) is 18.7 Å². The minimum absolute atomic E-state index is 0.0530. The largest absolute Gasteiger partial charge is 0.534 e. The summed E-state index contributed by atoms with van der Waals surface area (Å²) < 4.78 is 63.6. The standard InChI is InChI=1S/C14H15F3N2O4S/c1-19-6-8-5-18-13(20)11-4-9(2-3-10(11)12(8)7-19)23-24(21,22)14(15,16)17/h2-4,8,12H,5-7H2,1H3,(H,18,20)/t8-,12-/m1/s1. The van der Waals surface area contributed by atoms with Crippen LogP contribution in [0.25, 0.3) is 0 Å². The van der Waals surface area contributed by atoms with Crippen molar-refractivity contribution in [3.8, 4) is 5.75 Å². The van der Waals surface area contributed by atoms with Crippen molar-refractivity contribution in [1.82, 2.24) is 10.2 Å². The van der Waals surface area contributed by atoms with Gasteiger partial charge in [-0.3, -0.25) is 4.79 Å². The molecule has 1 aromatic carbocycles. The van der Waals surface area contributed by atoms with Crippen molar-refractivity contribution < 1.29 is 30.6 Å². The normalized spacial score (nSPS) is 24.8. The van der Waals surface area contributed by atoms with Gasteiger partial charge in [-0.1, -0.05) is 6.07 Å². The van der Waals surface area contributed by atoms with Gasteiger partial charge >= 0.3 is 15.6 Å². The Bertz CT molecular complexity index is 779. The molecule has 2 aliphatic heterocycles. The molecule has 1 saturated heterocycles. The van der Waals surface area contributed by atoms with E-state index in [9.17, 15) is 26.4 Å². The first-order chi connectivity index (χ1) is 11.1. The molecule has 1 amide bonds. The van der Waals surface area contributed by atoms with Crippen LogP contribution in [0.4, 0.5) is 13.2 Å². The molecule has 0 radical (unpaired) electrons. The van der Waals surface area contributed by atoms with Gasteiger partial charge in [-0.2, -0.15) is 21.6 Å². The molecule has 0 saturated carbocycles. The molecular formula is C14H15F3N2O4S. The number of fused-ring (bicyclic) bond motifs is 3. The third-order valence-electron chi connectivity index (χ3n) is 4.31.